The van der Waals surface area contributed by atoms with Gasteiger partial charge in [0.25, 0.3) is 0 Å². The van der Waals surface area contributed by atoms with Crippen LogP contribution in [0.15, 0.2) is 0 Å². The van der Waals surface area contributed by atoms with Crippen molar-refractivity contribution in [3.05, 3.63) is 0 Å². The van der Waals surface area contributed by atoms with Crippen LogP contribution >= 0.6 is 0 Å². The first kappa shape index (κ1) is 14.2. The average molecular weight is 264 g/mol. The molecule has 0 aromatic carbocycles. The molecule has 0 spiro atoms. The van der Waals surface area contributed by atoms with Gasteiger partial charge < -0.3 is 15.8 Å². The minimum absolute atomic E-state index is 0.0828. The molecule has 1 atom stereocenters. The topological polar surface area (TPSA) is 98.5 Å². The van der Waals surface area contributed by atoms with E-state index in [4.69, 9.17) is 10.5 Å². The molecule has 0 bridgehead atoms. The molecule has 0 aromatic heterocycles. The lowest BCUT2D eigenvalue weighted by atomic mass is 10.0. The zero-order chi connectivity index (χ0) is 13.3. The van der Waals surface area contributed by atoms with Crippen molar-refractivity contribution >= 4 is 15.9 Å². The van der Waals surface area contributed by atoms with Crippen molar-refractivity contribution in [3.8, 4) is 0 Å². The monoisotopic (exact) mass is 264 g/mol. The summed E-state index contributed by atoms with van der Waals surface area (Å²) in [7, 11) is -3.05. The molecule has 1 aliphatic heterocycles. The summed E-state index contributed by atoms with van der Waals surface area (Å²) in [5, 5.41) is 2.51. The number of carbonyl (C=O) groups is 1. The van der Waals surface area contributed by atoms with Crippen molar-refractivity contribution in [2.24, 2.45) is 5.73 Å². The van der Waals surface area contributed by atoms with E-state index in [1.54, 1.807) is 20.8 Å². The Morgan fingerprint density at radius 2 is 2.06 bits per heavy atom. The third-order valence-corrected chi connectivity index (χ3v) is 4.24. The Morgan fingerprint density at radius 3 is 2.47 bits per heavy atom. The third kappa shape index (κ3) is 4.91. The van der Waals surface area contributed by atoms with Crippen molar-refractivity contribution in [1.29, 1.82) is 0 Å². The van der Waals surface area contributed by atoms with Gasteiger partial charge in [-0.1, -0.05) is 0 Å². The number of nitrogens with one attached hydrogen (secondary N) is 1. The molecule has 1 aliphatic rings. The van der Waals surface area contributed by atoms with Crippen LogP contribution in [0.25, 0.3) is 0 Å². The van der Waals surface area contributed by atoms with Gasteiger partial charge >= 0.3 is 6.09 Å². The Kier molecular flexibility index (Phi) is 3.73. The second kappa shape index (κ2) is 4.45. The molecule has 1 heterocycles. The summed E-state index contributed by atoms with van der Waals surface area (Å²) < 4.78 is 27.6. The number of amides is 1. The SMILES string of the molecule is CC(C)(C)OC(=O)NCC1(N)CCS(=O)(=O)C1. The highest BCUT2D eigenvalue weighted by Crippen LogP contribution is 2.20. The third-order valence-electron chi connectivity index (χ3n) is 2.40. The second-order valence-corrected chi connectivity index (χ2v) is 7.74. The van der Waals surface area contributed by atoms with Crippen LogP contribution in [0.2, 0.25) is 0 Å². The van der Waals surface area contributed by atoms with Gasteiger partial charge in [0, 0.05) is 12.1 Å². The van der Waals surface area contributed by atoms with Gasteiger partial charge in [-0.3, -0.25) is 0 Å². The van der Waals surface area contributed by atoms with E-state index in [2.05, 4.69) is 5.32 Å². The predicted molar refractivity (Wildman–Crippen MR) is 64.4 cm³/mol. The molecule has 7 heteroatoms. The van der Waals surface area contributed by atoms with Gasteiger partial charge in [0.1, 0.15) is 5.60 Å². The smallest absolute Gasteiger partial charge is 0.407 e. The molecule has 1 unspecified atom stereocenters. The number of sulfone groups is 1. The molecule has 0 radical (unpaired) electrons. The molecule has 1 amide bonds. The number of rotatable bonds is 2. The van der Waals surface area contributed by atoms with Crippen LogP contribution in [0.5, 0.6) is 0 Å². The Hall–Kier alpha value is -0.820. The molecular formula is C10H20N2O4S. The normalized spacial score (nSPS) is 27.8. The van der Waals surface area contributed by atoms with Gasteiger partial charge in [-0.2, -0.15) is 0 Å². The molecule has 0 aromatic rings. The maximum atomic E-state index is 11.4. The highest BCUT2D eigenvalue weighted by molar-refractivity contribution is 7.91. The van der Waals surface area contributed by atoms with Gasteiger partial charge in [-0.05, 0) is 27.2 Å². The lowest BCUT2D eigenvalue weighted by molar-refractivity contribution is 0.0517. The van der Waals surface area contributed by atoms with Gasteiger partial charge in [0.2, 0.25) is 0 Å². The molecule has 3 N–H and O–H groups in total. The molecule has 1 fully saturated rings. The van der Waals surface area contributed by atoms with Crippen molar-refractivity contribution in [1.82, 2.24) is 5.32 Å². The summed E-state index contributed by atoms with van der Waals surface area (Å²) in [6.07, 6.45) is -0.211. The standard InChI is InChI=1S/C10H20N2O4S/c1-9(2,3)16-8(13)12-6-10(11)4-5-17(14,15)7-10/h4-7,11H2,1-3H3,(H,12,13). The van der Waals surface area contributed by atoms with Crippen LogP contribution in [-0.4, -0.2) is 43.7 Å². The highest BCUT2D eigenvalue weighted by atomic mass is 32.2. The van der Waals surface area contributed by atoms with Crippen LogP contribution in [0.4, 0.5) is 4.79 Å². The van der Waals surface area contributed by atoms with Crippen LogP contribution in [-0.2, 0) is 14.6 Å². The first-order valence-corrected chi connectivity index (χ1v) is 7.30. The number of hydrogen-bond acceptors (Lipinski definition) is 5. The number of alkyl carbamates (subject to hydrolysis) is 1. The lowest BCUT2D eigenvalue weighted by Gasteiger charge is -2.24. The molecular weight excluding hydrogens is 244 g/mol. The van der Waals surface area contributed by atoms with E-state index in [9.17, 15) is 13.2 Å². The maximum absolute atomic E-state index is 11.4. The van der Waals surface area contributed by atoms with E-state index in [0.29, 0.717) is 6.42 Å². The molecule has 0 saturated carbocycles. The van der Waals surface area contributed by atoms with E-state index in [1.807, 2.05) is 0 Å². The fraction of sp³-hybridized carbons (Fsp3) is 0.900. The van der Waals surface area contributed by atoms with E-state index in [1.165, 1.54) is 0 Å². The van der Waals surface area contributed by atoms with E-state index in [0.717, 1.165) is 0 Å². The van der Waals surface area contributed by atoms with Gasteiger partial charge in [0.15, 0.2) is 9.84 Å². The molecule has 0 aliphatic carbocycles. The van der Waals surface area contributed by atoms with E-state index < -0.39 is 27.1 Å². The van der Waals surface area contributed by atoms with Gasteiger partial charge in [-0.25, -0.2) is 13.2 Å². The summed E-state index contributed by atoms with van der Waals surface area (Å²) in [6, 6.07) is 0. The van der Waals surface area contributed by atoms with Crippen molar-refractivity contribution in [2.75, 3.05) is 18.1 Å². The van der Waals surface area contributed by atoms with E-state index >= 15 is 0 Å². The Morgan fingerprint density at radius 1 is 1.47 bits per heavy atom. The number of nitrogens with two attached hydrogens (primary N) is 1. The minimum Gasteiger partial charge on any atom is -0.444 e. The fourth-order valence-electron chi connectivity index (χ4n) is 1.64. The molecule has 1 saturated heterocycles. The average Bonchev–Trinajstić information content (AvgIpc) is 2.36. The van der Waals surface area contributed by atoms with Crippen molar-refractivity contribution in [3.63, 3.8) is 0 Å². The zero-order valence-corrected chi connectivity index (χ0v) is 11.3. The van der Waals surface area contributed by atoms with Crippen LogP contribution < -0.4 is 11.1 Å². The Labute approximate surface area is 102 Å². The van der Waals surface area contributed by atoms with Gasteiger partial charge in [-0.15, -0.1) is 0 Å². The summed E-state index contributed by atoms with van der Waals surface area (Å²) in [5.41, 5.74) is 4.46. The predicted octanol–water partition coefficient (Wildman–Crippen LogP) is 0.0271. The molecule has 1 rings (SSSR count). The summed E-state index contributed by atoms with van der Waals surface area (Å²) >= 11 is 0. The summed E-state index contributed by atoms with van der Waals surface area (Å²) in [4.78, 5) is 11.4. The Bertz CT molecular complexity index is 399. The molecule has 100 valence electrons. The quantitative estimate of drug-likeness (QED) is 0.733. The summed E-state index contributed by atoms with van der Waals surface area (Å²) in [5.74, 6) is -0.00467. The van der Waals surface area contributed by atoms with Crippen LogP contribution in [0.1, 0.15) is 27.2 Å². The Balaban J connectivity index is 2.44. The summed E-state index contributed by atoms with van der Waals surface area (Å²) in [6.45, 7) is 5.38. The second-order valence-electron chi connectivity index (χ2n) is 5.56. The van der Waals surface area contributed by atoms with Crippen molar-refractivity contribution in [2.45, 2.75) is 38.3 Å². The number of hydrogen-bond donors (Lipinski definition) is 2. The van der Waals surface area contributed by atoms with Gasteiger partial charge in [0.05, 0.1) is 11.5 Å². The van der Waals surface area contributed by atoms with E-state index in [-0.39, 0.29) is 18.1 Å². The first-order chi connectivity index (χ1) is 7.52. The van der Waals surface area contributed by atoms with Crippen LogP contribution in [0, 0.1) is 0 Å². The molecule has 6 nitrogen and oxygen atoms in total. The van der Waals surface area contributed by atoms with Crippen LogP contribution in [0.3, 0.4) is 0 Å². The fourth-order valence-corrected chi connectivity index (χ4v) is 3.63. The molecule has 17 heavy (non-hydrogen) atoms. The highest BCUT2D eigenvalue weighted by Gasteiger charge is 2.39. The minimum atomic E-state index is -3.05. The number of ether oxygens (including phenoxy) is 1. The lowest BCUT2D eigenvalue weighted by Crippen LogP contribution is -2.51. The first-order valence-electron chi connectivity index (χ1n) is 5.48. The maximum Gasteiger partial charge on any atom is 0.407 e. The zero-order valence-electron chi connectivity index (χ0n) is 10.4. The largest absolute Gasteiger partial charge is 0.444 e. The number of carbonyl (C=O) groups excluding carboxylic acids is 1. The van der Waals surface area contributed by atoms with Crippen molar-refractivity contribution < 1.29 is 17.9 Å².